The minimum absolute atomic E-state index is 0.0995. The molecule has 0 spiro atoms. The summed E-state index contributed by atoms with van der Waals surface area (Å²) in [4.78, 5) is 23.1. The van der Waals surface area contributed by atoms with Gasteiger partial charge >= 0.3 is 0 Å². The predicted octanol–water partition coefficient (Wildman–Crippen LogP) is 6.12. The molecule has 1 aromatic heterocycles. The molecule has 0 aliphatic rings. The Kier molecular flexibility index (Phi) is 9.22. The average Bonchev–Trinajstić information content (AvgIpc) is 3.21. The summed E-state index contributed by atoms with van der Waals surface area (Å²) in [6.07, 6.45) is 2.18. The van der Waals surface area contributed by atoms with Gasteiger partial charge in [-0.3, -0.25) is 9.69 Å². The van der Waals surface area contributed by atoms with Gasteiger partial charge in [-0.05, 0) is 70.4 Å². The van der Waals surface area contributed by atoms with Gasteiger partial charge in [0.05, 0.1) is 16.8 Å². The van der Waals surface area contributed by atoms with E-state index in [4.69, 9.17) is 21.3 Å². The number of nitrogens with zero attached hydrogens (tertiary/aromatic N) is 3. The molecule has 1 amide bonds. The van der Waals surface area contributed by atoms with E-state index in [0.717, 1.165) is 29.8 Å². The zero-order valence-electron chi connectivity index (χ0n) is 19.1. The van der Waals surface area contributed by atoms with Crippen LogP contribution in [0.25, 0.3) is 10.2 Å². The lowest BCUT2D eigenvalue weighted by atomic mass is 10.2. The fourth-order valence-corrected chi connectivity index (χ4v) is 5.43. The second-order valence-electron chi connectivity index (χ2n) is 7.89. The number of rotatable bonds is 11. The van der Waals surface area contributed by atoms with Crippen molar-refractivity contribution in [2.24, 2.45) is 0 Å². The van der Waals surface area contributed by atoms with Gasteiger partial charge in [0.1, 0.15) is 11.3 Å². The highest BCUT2D eigenvalue weighted by Gasteiger charge is 2.21. The molecule has 0 fully saturated rings. The number of benzene rings is 2. The first-order chi connectivity index (χ1) is 15.4. The van der Waals surface area contributed by atoms with Crippen molar-refractivity contribution in [3.8, 4) is 5.75 Å². The summed E-state index contributed by atoms with van der Waals surface area (Å²) < 4.78 is 6.30. The van der Waals surface area contributed by atoms with Gasteiger partial charge in [0, 0.05) is 17.9 Å². The molecule has 0 saturated heterocycles. The molecule has 0 radical (unpaired) electrons. The van der Waals surface area contributed by atoms with Crippen LogP contribution in [0.15, 0.2) is 41.3 Å². The van der Waals surface area contributed by atoms with Crippen molar-refractivity contribution < 1.29 is 9.53 Å². The topological polar surface area (TPSA) is 45.7 Å². The lowest BCUT2D eigenvalue weighted by Crippen LogP contribution is -2.33. The zero-order chi connectivity index (χ0) is 23.1. The molecule has 5 nitrogen and oxygen atoms in total. The standard InChI is InChI=1S/C24H30ClN3O2S2/c1-17-8-10-18(11-9-17)31-16-5-7-21(29)28(15-6-14-27(2)3)24-26-22-20(30-4)13-12-19(25)23(22)32-24/h8-13H,5-7,14-16H2,1-4H3. The Balaban J connectivity index is 1.70. The molecule has 0 atom stereocenters. The molecular formula is C24H30ClN3O2S2. The van der Waals surface area contributed by atoms with E-state index in [1.807, 2.05) is 31.1 Å². The summed E-state index contributed by atoms with van der Waals surface area (Å²) in [7, 11) is 5.70. The number of ether oxygens (including phenoxy) is 1. The Morgan fingerprint density at radius 3 is 2.56 bits per heavy atom. The largest absolute Gasteiger partial charge is 0.494 e. The van der Waals surface area contributed by atoms with E-state index < -0.39 is 0 Å². The van der Waals surface area contributed by atoms with Gasteiger partial charge in [0.15, 0.2) is 5.13 Å². The molecule has 2 aromatic carbocycles. The van der Waals surface area contributed by atoms with Crippen LogP contribution in [0.3, 0.4) is 0 Å². The number of anilines is 1. The van der Waals surface area contributed by atoms with Crippen LogP contribution >= 0.6 is 34.7 Å². The number of thioether (sulfide) groups is 1. The molecule has 172 valence electrons. The summed E-state index contributed by atoms with van der Waals surface area (Å²) in [5.41, 5.74) is 1.96. The fourth-order valence-electron chi connectivity index (χ4n) is 3.28. The second kappa shape index (κ2) is 11.9. The molecule has 0 bridgehead atoms. The van der Waals surface area contributed by atoms with Gasteiger partial charge in [-0.1, -0.05) is 40.6 Å². The number of fused-ring (bicyclic) bond motifs is 1. The summed E-state index contributed by atoms with van der Waals surface area (Å²) in [5, 5.41) is 1.31. The smallest absolute Gasteiger partial charge is 0.228 e. The number of hydrogen-bond donors (Lipinski definition) is 0. The predicted molar refractivity (Wildman–Crippen MR) is 138 cm³/mol. The molecule has 0 aliphatic carbocycles. The summed E-state index contributed by atoms with van der Waals surface area (Å²) in [6, 6.07) is 12.1. The van der Waals surface area contributed by atoms with Gasteiger partial charge < -0.3 is 9.64 Å². The van der Waals surface area contributed by atoms with Crippen LogP contribution in [0.4, 0.5) is 5.13 Å². The van der Waals surface area contributed by atoms with Crippen molar-refractivity contribution in [2.75, 3.05) is 44.9 Å². The van der Waals surface area contributed by atoms with Crippen LogP contribution in [0.1, 0.15) is 24.8 Å². The Bertz CT molecular complexity index is 1040. The Morgan fingerprint density at radius 1 is 1.12 bits per heavy atom. The number of methoxy groups -OCH3 is 1. The van der Waals surface area contributed by atoms with E-state index in [9.17, 15) is 4.79 Å². The third kappa shape index (κ3) is 6.61. The fraction of sp³-hybridized carbons (Fsp3) is 0.417. The van der Waals surface area contributed by atoms with Crippen LogP contribution in [-0.2, 0) is 4.79 Å². The monoisotopic (exact) mass is 491 g/mol. The summed E-state index contributed by atoms with van der Waals surface area (Å²) >= 11 is 9.64. The van der Waals surface area contributed by atoms with Gasteiger partial charge in [-0.25, -0.2) is 4.98 Å². The van der Waals surface area contributed by atoms with Crippen LogP contribution in [0, 0.1) is 6.92 Å². The highest BCUT2D eigenvalue weighted by molar-refractivity contribution is 7.99. The SMILES string of the molecule is COc1ccc(Cl)c2sc(N(CCCN(C)C)C(=O)CCCSc3ccc(C)cc3)nc12. The van der Waals surface area contributed by atoms with Gasteiger partial charge in [0.2, 0.25) is 5.91 Å². The average molecular weight is 492 g/mol. The van der Waals surface area contributed by atoms with E-state index in [-0.39, 0.29) is 5.91 Å². The van der Waals surface area contributed by atoms with Crippen LogP contribution in [-0.4, -0.2) is 55.8 Å². The Labute approximate surface area is 203 Å². The molecule has 0 aliphatic heterocycles. The number of carbonyl (C=O) groups is 1. The molecule has 0 saturated carbocycles. The van der Waals surface area contributed by atoms with Crippen molar-refractivity contribution in [2.45, 2.75) is 31.1 Å². The Hall–Kier alpha value is -1.80. The van der Waals surface area contributed by atoms with Gasteiger partial charge in [-0.2, -0.15) is 0 Å². The van der Waals surface area contributed by atoms with Crippen molar-refractivity contribution in [3.05, 3.63) is 47.0 Å². The quantitative estimate of drug-likeness (QED) is 0.238. The van der Waals surface area contributed by atoms with Crippen molar-refractivity contribution in [3.63, 3.8) is 0 Å². The van der Waals surface area contributed by atoms with Gasteiger partial charge in [0.25, 0.3) is 0 Å². The van der Waals surface area contributed by atoms with E-state index >= 15 is 0 Å². The zero-order valence-corrected chi connectivity index (χ0v) is 21.4. The molecule has 0 N–H and O–H groups in total. The highest BCUT2D eigenvalue weighted by Crippen LogP contribution is 2.39. The van der Waals surface area contributed by atoms with Crippen molar-refractivity contribution in [1.29, 1.82) is 0 Å². The molecule has 1 heterocycles. The maximum Gasteiger partial charge on any atom is 0.228 e. The van der Waals surface area contributed by atoms with Crippen LogP contribution in [0.5, 0.6) is 5.75 Å². The number of amides is 1. The number of carbonyl (C=O) groups excluding carboxylic acids is 1. The van der Waals surface area contributed by atoms with E-state index in [2.05, 4.69) is 36.1 Å². The molecule has 3 rings (SSSR count). The first-order valence-electron chi connectivity index (χ1n) is 10.7. The molecule has 0 unspecified atom stereocenters. The number of halogens is 1. The molecule has 3 aromatic rings. The first kappa shape index (κ1) is 24.8. The lowest BCUT2D eigenvalue weighted by Gasteiger charge is -2.21. The molecular weight excluding hydrogens is 462 g/mol. The third-order valence-electron chi connectivity index (χ3n) is 5.01. The van der Waals surface area contributed by atoms with E-state index in [1.54, 1.807) is 18.9 Å². The molecule has 32 heavy (non-hydrogen) atoms. The first-order valence-corrected chi connectivity index (χ1v) is 12.8. The summed E-state index contributed by atoms with van der Waals surface area (Å²) in [5.74, 6) is 1.67. The lowest BCUT2D eigenvalue weighted by molar-refractivity contribution is -0.118. The number of hydrogen-bond acceptors (Lipinski definition) is 6. The van der Waals surface area contributed by atoms with Crippen molar-refractivity contribution >= 4 is 56.0 Å². The minimum atomic E-state index is 0.0995. The van der Waals surface area contributed by atoms with E-state index in [0.29, 0.717) is 34.4 Å². The number of aryl methyl sites for hydroxylation is 1. The summed E-state index contributed by atoms with van der Waals surface area (Å²) in [6.45, 7) is 3.62. The highest BCUT2D eigenvalue weighted by atomic mass is 35.5. The normalized spacial score (nSPS) is 11.3. The number of thiazole rings is 1. The second-order valence-corrected chi connectivity index (χ2v) is 10.4. The maximum atomic E-state index is 13.2. The van der Waals surface area contributed by atoms with Crippen LogP contribution < -0.4 is 9.64 Å². The van der Waals surface area contributed by atoms with Crippen LogP contribution in [0.2, 0.25) is 5.02 Å². The number of aromatic nitrogens is 1. The minimum Gasteiger partial charge on any atom is -0.494 e. The Morgan fingerprint density at radius 2 is 1.88 bits per heavy atom. The van der Waals surface area contributed by atoms with E-state index in [1.165, 1.54) is 21.8 Å². The van der Waals surface area contributed by atoms with Crippen molar-refractivity contribution in [1.82, 2.24) is 9.88 Å². The van der Waals surface area contributed by atoms with Gasteiger partial charge in [-0.15, -0.1) is 11.8 Å². The third-order valence-corrected chi connectivity index (χ3v) is 7.65. The maximum absolute atomic E-state index is 13.2. The molecule has 8 heteroatoms.